The van der Waals surface area contributed by atoms with Crippen LogP contribution in [-0.4, -0.2) is 48.4 Å². The fraction of sp³-hybridized carbons (Fsp3) is 0.500. The third kappa shape index (κ3) is 6.18. The number of benzene rings is 2. The number of alkyl halides is 4. The summed E-state index contributed by atoms with van der Waals surface area (Å²) >= 11 is 0. The summed E-state index contributed by atoms with van der Waals surface area (Å²) in [5, 5.41) is 19.9. The molecule has 38 heavy (non-hydrogen) atoms. The first-order valence-corrected chi connectivity index (χ1v) is 13.4. The maximum atomic E-state index is 14.1. The molecule has 1 heterocycles. The Morgan fingerprint density at radius 3 is 2.24 bits per heavy atom. The zero-order chi connectivity index (χ0) is 28.7. The zero-order valence-corrected chi connectivity index (χ0v) is 21.9. The van der Waals surface area contributed by atoms with E-state index < -0.39 is 56.8 Å². The van der Waals surface area contributed by atoms with Gasteiger partial charge in [0.15, 0.2) is 5.60 Å². The van der Waals surface area contributed by atoms with E-state index in [1.807, 2.05) is 0 Å². The normalized spacial score (nSPS) is 19.0. The number of hydrogen-bond acceptors (Lipinski definition) is 5. The highest BCUT2D eigenvalue weighted by atomic mass is 32.2. The Morgan fingerprint density at radius 1 is 1.08 bits per heavy atom. The zero-order valence-electron chi connectivity index (χ0n) is 21.1. The average molecular weight is 564 g/mol. The van der Waals surface area contributed by atoms with E-state index in [0.29, 0.717) is 6.92 Å². The Bertz CT molecular complexity index is 1270. The standard InChI is InChI=1S/C26H30F5NO5S/c1-24(2,34)23(28)13-9-20(33)15-19-8-4-16-14-17(25(3,35)26(29,30)31)5-12-22(16)32(19)38(36,37)21-10-6-18(27)7-11-21/h5-7,10-12,14,19,23,34-35H,4,8-9,13,15H2,1-3H3/t19-,23+,25?/m0/s1. The summed E-state index contributed by atoms with van der Waals surface area (Å²) in [6.45, 7) is 3.13. The van der Waals surface area contributed by atoms with Crippen molar-refractivity contribution in [1.29, 1.82) is 0 Å². The number of sulfonamides is 1. The fourth-order valence-corrected chi connectivity index (χ4v) is 6.06. The number of anilines is 1. The number of aryl methyl sites for hydroxylation is 1. The summed E-state index contributed by atoms with van der Waals surface area (Å²) in [6, 6.07) is 6.23. The number of ketones is 1. The van der Waals surface area contributed by atoms with Gasteiger partial charge in [-0.25, -0.2) is 17.2 Å². The Morgan fingerprint density at radius 2 is 1.68 bits per heavy atom. The quantitative estimate of drug-likeness (QED) is 0.421. The molecule has 210 valence electrons. The fourth-order valence-electron chi connectivity index (χ4n) is 4.34. The van der Waals surface area contributed by atoms with Gasteiger partial charge in [0.05, 0.1) is 22.2 Å². The van der Waals surface area contributed by atoms with E-state index in [-0.39, 0.29) is 48.3 Å². The van der Waals surface area contributed by atoms with Gasteiger partial charge in [0, 0.05) is 12.8 Å². The molecular formula is C26H30F5NO5S. The minimum Gasteiger partial charge on any atom is -0.387 e. The number of carbonyl (C=O) groups excluding carboxylic acids is 1. The van der Waals surface area contributed by atoms with Crippen molar-refractivity contribution in [3.63, 3.8) is 0 Å². The highest BCUT2D eigenvalue weighted by Gasteiger charge is 2.51. The number of rotatable bonds is 9. The molecule has 2 N–H and O–H groups in total. The van der Waals surface area contributed by atoms with Gasteiger partial charge < -0.3 is 10.2 Å². The summed E-state index contributed by atoms with van der Waals surface area (Å²) in [5.74, 6) is -1.14. The van der Waals surface area contributed by atoms with Crippen LogP contribution in [0, 0.1) is 5.82 Å². The lowest BCUT2D eigenvalue weighted by molar-refractivity contribution is -0.258. The van der Waals surface area contributed by atoms with Gasteiger partial charge in [0.1, 0.15) is 17.8 Å². The van der Waals surface area contributed by atoms with Crippen molar-refractivity contribution >= 4 is 21.5 Å². The maximum absolute atomic E-state index is 14.1. The molecule has 0 spiro atoms. The van der Waals surface area contributed by atoms with Gasteiger partial charge in [-0.15, -0.1) is 0 Å². The van der Waals surface area contributed by atoms with Gasteiger partial charge in [-0.1, -0.05) is 12.1 Å². The molecule has 3 rings (SSSR count). The average Bonchev–Trinajstić information content (AvgIpc) is 2.80. The van der Waals surface area contributed by atoms with Crippen molar-refractivity contribution < 1.29 is 45.4 Å². The maximum Gasteiger partial charge on any atom is 0.421 e. The van der Waals surface area contributed by atoms with Crippen LogP contribution in [0.2, 0.25) is 0 Å². The predicted molar refractivity (Wildman–Crippen MR) is 130 cm³/mol. The van der Waals surface area contributed by atoms with Gasteiger partial charge >= 0.3 is 6.18 Å². The van der Waals surface area contributed by atoms with Gasteiger partial charge in [0.2, 0.25) is 0 Å². The first-order chi connectivity index (χ1) is 17.4. The SMILES string of the molecule is CC(C)(O)[C@H](F)CCC(=O)C[C@@H]1CCc2cc(C(C)(O)C(F)(F)F)ccc2N1S(=O)(=O)c1ccc(F)cc1. The monoisotopic (exact) mass is 563 g/mol. The predicted octanol–water partition coefficient (Wildman–Crippen LogP) is 4.95. The third-order valence-electron chi connectivity index (χ3n) is 6.79. The molecule has 1 unspecified atom stereocenters. The summed E-state index contributed by atoms with van der Waals surface area (Å²) in [6.07, 6.45) is -7.33. The van der Waals surface area contributed by atoms with Crippen molar-refractivity contribution in [2.24, 2.45) is 0 Å². The molecule has 0 aromatic heterocycles. The second-order valence-corrected chi connectivity index (χ2v) is 12.1. The summed E-state index contributed by atoms with van der Waals surface area (Å²) in [5.41, 5.74) is -5.07. The molecule has 0 saturated heterocycles. The van der Waals surface area contributed by atoms with Crippen molar-refractivity contribution in [1.82, 2.24) is 0 Å². The molecule has 0 amide bonds. The number of aliphatic hydroxyl groups is 2. The second-order valence-electron chi connectivity index (χ2n) is 10.3. The molecule has 0 aliphatic carbocycles. The van der Waals surface area contributed by atoms with Crippen LogP contribution in [0.25, 0.3) is 0 Å². The van der Waals surface area contributed by atoms with Crippen LogP contribution in [0.5, 0.6) is 0 Å². The van der Waals surface area contributed by atoms with Crippen LogP contribution < -0.4 is 4.31 Å². The van der Waals surface area contributed by atoms with Crippen LogP contribution in [-0.2, 0) is 26.8 Å². The minimum absolute atomic E-state index is 0.0277. The molecule has 0 radical (unpaired) electrons. The van der Waals surface area contributed by atoms with Gasteiger partial charge in [0.25, 0.3) is 10.0 Å². The van der Waals surface area contributed by atoms with Crippen molar-refractivity contribution in [2.75, 3.05) is 4.31 Å². The van der Waals surface area contributed by atoms with Crippen LogP contribution in [0.15, 0.2) is 47.4 Å². The number of fused-ring (bicyclic) bond motifs is 1. The summed E-state index contributed by atoms with van der Waals surface area (Å²) in [4.78, 5) is 12.4. The lowest BCUT2D eigenvalue weighted by Crippen LogP contribution is -2.45. The molecule has 2 aromatic carbocycles. The van der Waals surface area contributed by atoms with Crippen LogP contribution in [0.1, 0.15) is 57.6 Å². The summed E-state index contributed by atoms with van der Waals surface area (Å²) in [7, 11) is -4.40. The van der Waals surface area contributed by atoms with Crippen LogP contribution >= 0.6 is 0 Å². The van der Waals surface area contributed by atoms with E-state index in [4.69, 9.17) is 0 Å². The van der Waals surface area contributed by atoms with Gasteiger partial charge in [-0.05, 0) is 81.5 Å². The number of carbonyl (C=O) groups is 1. The van der Waals surface area contributed by atoms with Crippen LogP contribution in [0.3, 0.4) is 0 Å². The van der Waals surface area contributed by atoms with Crippen molar-refractivity contribution in [3.05, 3.63) is 59.4 Å². The van der Waals surface area contributed by atoms with E-state index in [9.17, 15) is 45.4 Å². The molecule has 1 aliphatic rings. The molecule has 3 atom stereocenters. The third-order valence-corrected chi connectivity index (χ3v) is 8.67. The van der Waals surface area contributed by atoms with Crippen molar-refractivity contribution in [2.45, 2.75) is 87.4 Å². The molecule has 0 fully saturated rings. The number of hydrogen-bond donors (Lipinski definition) is 2. The molecule has 1 aliphatic heterocycles. The molecule has 0 saturated carbocycles. The van der Waals surface area contributed by atoms with E-state index in [0.717, 1.165) is 46.8 Å². The lowest BCUT2D eigenvalue weighted by Gasteiger charge is -2.38. The van der Waals surface area contributed by atoms with E-state index in [1.54, 1.807) is 0 Å². The molecule has 6 nitrogen and oxygen atoms in total. The van der Waals surface area contributed by atoms with E-state index in [2.05, 4.69) is 0 Å². The van der Waals surface area contributed by atoms with Gasteiger partial charge in [-0.2, -0.15) is 13.2 Å². The summed E-state index contributed by atoms with van der Waals surface area (Å²) < 4.78 is 96.1. The Kier molecular flexibility index (Phi) is 8.31. The molecular weight excluding hydrogens is 533 g/mol. The smallest absolute Gasteiger partial charge is 0.387 e. The van der Waals surface area contributed by atoms with Gasteiger partial charge in [-0.3, -0.25) is 9.10 Å². The first-order valence-electron chi connectivity index (χ1n) is 12.0. The lowest BCUT2D eigenvalue weighted by atomic mass is 9.88. The Balaban J connectivity index is 2.00. The Hall–Kier alpha value is -2.57. The number of Topliss-reactive ketones (excluding diaryl/α,β-unsaturated/α-hetero) is 1. The molecule has 2 aromatic rings. The van der Waals surface area contributed by atoms with Crippen LogP contribution in [0.4, 0.5) is 27.6 Å². The number of halogens is 5. The minimum atomic E-state index is -4.98. The van der Waals surface area contributed by atoms with Crippen molar-refractivity contribution in [3.8, 4) is 0 Å². The second kappa shape index (κ2) is 10.5. The van der Waals surface area contributed by atoms with E-state index >= 15 is 0 Å². The first kappa shape index (κ1) is 30.0. The largest absolute Gasteiger partial charge is 0.421 e. The molecule has 0 bridgehead atoms. The topological polar surface area (TPSA) is 94.9 Å². The Labute approximate surface area is 218 Å². The highest BCUT2D eigenvalue weighted by Crippen LogP contribution is 2.43. The highest BCUT2D eigenvalue weighted by molar-refractivity contribution is 7.92. The van der Waals surface area contributed by atoms with E-state index in [1.165, 1.54) is 13.8 Å². The number of nitrogens with zero attached hydrogens (tertiary/aromatic N) is 1. The molecule has 12 heteroatoms.